The Labute approximate surface area is 146 Å². The van der Waals surface area contributed by atoms with E-state index in [1.807, 2.05) is 43.3 Å². The Hall–Kier alpha value is -3.15. The van der Waals surface area contributed by atoms with Crippen molar-refractivity contribution in [2.45, 2.75) is 13.5 Å². The summed E-state index contributed by atoms with van der Waals surface area (Å²) in [6, 6.07) is 11.4. The van der Waals surface area contributed by atoms with Crippen molar-refractivity contribution in [3.05, 3.63) is 66.1 Å². The highest BCUT2D eigenvalue weighted by Crippen LogP contribution is 2.21. The zero-order chi connectivity index (χ0) is 17.6. The van der Waals surface area contributed by atoms with Gasteiger partial charge in [-0.1, -0.05) is 12.1 Å². The topological polar surface area (TPSA) is 69.0 Å². The van der Waals surface area contributed by atoms with Crippen LogP contribution in [0.25, 0.3) is 11.3 Å². The Kier molecular flexibility index (Phi) is 5.09. The normalized spacial score (nSPS) is 10.5. The quantitative estimate of drug-likeness (QED) is 0.751. The molecule has 0 aliphatic rings. The van der Waals surface area contributed by atoms with E-state index in [1.165, 1.54) is 0 Å². The van der Waals surface area contributed by atoms with E-state index in [0.717, 1.165) is 16.9 Å². The largest absolute Gasteiger partial charge is 0.494 e. The van der Waals surface area contributed by atoms with Gasteiger partial charge in [0.15, 0.2) is 0 Å². The molecule has 3 aromatic rings. The third-order valence-corrected chi connectivity index (χ3v) is 3.67. The van der Waals surface area contributed by atoms with Crippen LogP contribution in [0, 0.1) is 0 Å². The molecule has 6 nitrogen and oxygen atoms in total. The first-order valence-corrected chi connectivity index (χ1v) is 8.11. The standard InChI is InChI=1S/C19H20N4O2/c1-3-25-16-8-4-6-14(10-16)11-21-19(24)17-13-23(2)22-18(17)15-7-5-9-20-12-15/h4-10,12-13H,3,11H2,1-2H3,(H,21,24). The van der Waals surface area contributed by atoms with E-state index in [9.17, 15) is 4.79 Å². The molecule has 1 aromatic carbocycles. The van der Waals surface area contributed by atoms with Crippen molar-refractivity contribution in [2.24, 2.45) is 7.05 Å². The monoisotopic (exact) mass is 336 g/mol. The second-order valence-corrected chi connectivity index (χ2v) is 5.57. The molecule has 0 atom stereocenters. The van der Waals surface area contributed by atoms with Crippen LogP contribution < -0.4 is 10.1 Å². The average molecular weight is 336 g/mol. The first-order chi connectivity index (χ1) is 12.2. The maximum Gasteiger partial charge on any atom is 0.255 e. The molecule has 0 radical (unpaired) electrons. The average Bonchev–Trinajstić information content (AvgIpc) is 3.03. The number of aromatic nitrogens is 3. The number of amides is 1. The molecule has 0 aliphatic heterocycles. The Balaban J connectivity index is 1.75. The number of aryl methyl sites for hydroxylation is 1. The number of nitrogens with zero attached hydrogens (tertiary/aromatic N) is 3. The van der Waals surface area contributed by atoms with Gasteiger partial charge in [0.1, 0.15) is 11.4 Å². The number of ether oxygens (including phenoxy) is 1. The second-order valence-electron chi connectivity index (χ2n) is 5.57. The molecular formula is C19H20N4O2. The molecule has 0 spiro atoms. The molecule has 2 heterocycles. The van der Waals surface area contributed by atoms with Gasteiger partial charge < -0.3 is 10.1 Å². The molecular weight excluding hydrogens is 316 g/mol. The van der Waals surface area contributed by atoms with Crippen molar-refractivity contribution in [2.75, 3.05) is 6.61 Å². The van der Waals surface area contributed by atoms with Crippen LogP contribution >= 0.6 is 0 Å². The summed E-state index contributed by atoms with van der Waals surface area (Å²) in [7, 11) is 1.79. The first-order valence-electron chi connectivity index (χ1n) is 8.11. The fraction of sp³-hybridized carbons (Fsp3) is 0.211. The van der Waals surface area contributed by atoms with Crippen molar-refractivity contribution >= 4 is 5.91 Å². The van der Waals surface area contributed by atoms with Crippen LogP contribution in [0.3, 0.4) is 0 Å². The van der Waals surface area contributed by atoms with Crippen LogP contribution in [-0.4, -0.2) is 27.3 Å². The Morgan fingerprint density at radius 1 is 1.28 bits per heavy atom. The van der Waals surface area contributed by atoms with E-state index in [1.54, 1.807) is 30.3 Å². The van der Waals surface area contributed by atoms with E-state index < -0.39 is 0 Å². The molecule has 0 aliphatic carbocycles. The van der Waals surface area contributed by atoms with Crippen LogP contribution in [0.5, 0.6) is 5.75 Å². The van der Waals surface area contributed by atoms with E-state index in [0.29, 0.717) is 24.4 Å². The zero-order valence-corrected chi connectivity index (χ0v) is 14.3. The summed E-state index contributed by atoms with van der Waals surface area (Å²) in [6.45, 7) is 2.97. The van der Waals surface area contributed by atoms with Crippen LogP contribution in [0.4, 0.5) is 0 Å². The number of hydrogen-bond acceptors (Lipinski definition) is 4. The lowest BCUT2D eigenvalue weighted by Gasteiger charge is -2.08. The molecule has 1 N–H and O–H groups in total. The Bertz CT molecular complexity index is 859. The number of carbonyl (C=O) groups excluding carboxylic acids is 1. The number of hydrogen-bond donors (Lipinski definition) is 1. The second kappa shape index (κ2) is 7.61. The number of nitrogens with one attached hydrogen (secondary N) is 1. The van der Waals surface area contributed by atoms with Gasteiger partial charge in [-0.2, -0.15) is 5.10 Å². The van der Waals surface area contributed by atoms with Crippen molar-refractivity contribution in [1.82, 2.24) is 20.1 Å². The molecule has 25 heavy (non-hydrogen) atoms. The van der Waals surface area contributed by atoms with Gasteiger partial charge >= 0.3 is 0 Å². The van der Waals surface area contributed by atoms with Gasteiger partial charge in [0.05, 0.1) is 12.2 Å². The van der Waals surface area contributed by atoms with Gasteiger partial charge in [-0.3, -0.25) is 14.5 Å². The predicted octanol–water partition coefficient (Wildman–Crippen LogP) is 2.81. The van der Waals surface area contributed by atoms with Gasteiger partial charge in [-0.15, -0.1) is 0 Å². The van der Waals surface area contributed by atoms with E-state index >= 15 is 0 Å². The molecule has 0 saturated heterocycles. The molecule has 1 amide bonds. The summed E-state index contributed by atoms with van der Waals surface area (Å²) in [5, 5.41) is 7.33. The molecule has 0 unspecified atom stereocenters. The Morgan fingerprint density at radius 2 is 2.16 bits per heavy atom. The van der Waals surface area contributed by atoms with E-state index in [4.69, 9.17) is 4.74 Å². The smallest absolute Gasteiger partial charge is 0.255 e. The summed E-state index contributed by atoms with van der Waals surface area (Å²) in [4.78, 5) is 16.7. The third kappa shape index (κ3) is 4.03. The lowest BCUT2D eigenvalue weighted by molar-refractivity contribution is 0.0951. The molecule has 0 bridgehead atoms. The number of carbonyl (C=O) groups is 1. The highest BCUT2D eigenvalue weighted by molar-refractivity contribution is 5.99. The number of rotatable bonds is 6. The van der Waals surface area contributed by atoms with Gasteiger partial charge in [0, 0.05) is 37.7 Å². The summed E-state index contributed by atoms with van der Waals surface area (Å²) in [5.74, 6) is 0.625. The minimum absolute atomic E-state index is 0.172. The van der Waals surface area contributed by atoms with Crippen molar-refractivity contribution < 1.29 is 9.53 Å². The summed E-state index contributed by atoms with van der Waals surface area (Å²) in [6.07, 6.45) is 5.11. The van der Waals surface area contributed by atoms with Gasteiger partial charge in [0.25, 0.3) is 5.91 Å². The highest BCUT2D eigenvalue weighted by atomic mass is 16.5. The van der Waals surface area contributed by atoms with Gasteiger partial charge in [0.2, 0.25) is 0 Å². The molecule has 0 fully saturated rings. The zero-order valence-electron chi connectivity index (χ0n) is 14.3. The van der Waals surface area contributed by atoms with Crippen molar-refractivity contribution in [1.29, 1.82) is 0 Å². The van der Waals surface area contributed by atoms with Gasteiger partial charge in [-0.25, -0.2) is 0 Å². The maximum atomic E-state index is 12.6. The number of benzene rings is 1. The SMILES string of the molecule is CCOc1cccc(CNC(=O)c2cn(C)nc2-c2cccnc2)c1. The van der Waals surface area contributed by atoms with Crippen LogP contribution in [0.2, 0.25) is 0 Å². The maximum absolute atomic E-state index is 12.6. The third-order valence-electron chi connectivity index (χ3n) is 3.67. The lowest BCUT2D eigenvalue weighted by Crippen LogP contribution is -2.23. The summed E-state index contributed by atoms with van der Waals surface area (Å²) >= 11 is 0. The summed E-state index contributed by atoms with van der Waals surface area (Å²) in [5.41, 5.74) is 2.94. The lowest BCUT2D eigenvalue weighted by atomic mass is 10.1. The molecule has 2 aromatic heterocycles. The Morgan fingerprint density at radius 3 is 2.92 bits per heavy atom. The highest BCUT2D eigenvalue weighted by Gasteiger charge is 2.17. The van der Waals surface area contributed by atoms with E-state index in [-0.39, 0.29) is 5.91 Å². The predicted molar refractivity (Wildman–Crippen MR) is 95.2 cm³/mol. The van der Waals surface area contributed by atoms with E-state index in [2.05, 4.69) is 15.4 Å². The summed E-state index contributed by atoms with van der Waals surface area (Å²) < 4.78 is 7.12. The molecule has 6 heteroatoms. The molecule has 128 valence electrons. The number of pyridine rings is 1. The molecule has 3 rings (SSSR count). The molecule has 0 saturated carbocycles. The van der Waals surface area contributed by atoms with Crippen LogP contribution in [0.1, 0.15) is 22.8 Å². The first kappa shape index (κ1) is 16.7. The van der Waals surface area contributed by atoms with Crippen molar-refractivity contribution in [3.8, 4) is 17.0 Å². The fourth-order valence-corrected chi connectivity index (χ4v) is 2.56. The fourth-order valence-electron chi connectivity index (χ4n) is 2.56. The minimum Gasteiger partial charge on any atom is -0.494 e. The van der Waals surface area contributed by atoms with Crippen LogP contribution in [0.15, 0.2) is 55.0 Å². The van der Waals surface area contributed by atoms with Crippen LogP contribution in [-0.2, 0) is 13.6 Å². The van der Waals surface area contributed by atoms with Gasteiger partial charge in [-0.05, 0) is 36.8 Å². The minimum atomic E-state index is -0.172. The van der Waals surface area contributed by atoms with Crippen molar-refractivity contribution in [3.63, 3.8) is 0 Å².